The van der Waals surface area contributed by atoms with Crippen LogP contribution in [0.5, 0.6) is 0 Å². The van der Waals surface area contributed by atoms with E-state index in [2.05, 4.69) is 34.3 Å². The van der Waals surface area contributed by atoms with Crippen LogP contribution in [0.3, 0.4) is 0 Å². The molecule has 8 heteroatoms. The Balaban J connectivity index is 1.63. The first kappa shape index (κ1) is 26.0. The van der Waals surface area contributed by atoms with Gasteiger partial charge in [-0.2, -0.15) is 0 Å². The van der Waals surface area contributed by atoms with E-state index in [9.17, 15) is 14.4 Å². The lowest BCUT2D eigenvalue weighted by Gasteiger charge is -2.71. The second-order valence-electron chi connectivity index (χ2n) is 12.4. The number of cyclic esters (lactones) is 1. The monoisotopic (exact) mass is 514 g/mol. The first-order valence-electron chi connectivity index (χ1n) is 13.1. The molecule has 2 saturated heterocycles. The third-order valence-corrected chi connectivity index (χ3v) is 10.5. The molecule has 8 atom stereocenters. The van der Waals surface area contributed by atoms with Crippen LogP contribution in [0.2, 0.25) is 0 Å². The number of ether oxygens (including phenoxy) is 4. The summed E-state index contributed by atoms with van der Waals surface area (Å²) in [4.78, 5) is 37.9. The van der Waals surface area contributed by atoms with Crippen molar-refractivity contribution in [2.45, 2.75) is 90.6 Å². The van der Waals surface area contributed by atoms with Crippen molar-refractivity contribution < 1.29 is 37.7 Å². The largest absolute Gasteiger partial charge is 0.472 e. The van der Waals surface area contributed by atoms with E-state index in [1.165, 1.54) is 14.0 Å². The predicted octanol–water partition coefficient (Wildman–Crippen LogP) is 4.92. The summed E-state index contributed by atoms with van der Waals surface area (Å²) in [6.07, 6.45) is 4.10. The summed E-state index contributed by atoms with van der Waals surface area (Å²) in [6.45, 7) is 14.4. The summed E-state index contributed by atoms with van der Waals surface area (Å²) in [6, 6.07) is 1.83. The molecule has 4 aliphatic rings. The van der Waals surface area contributed by atoms with Gasteiger partial charge < -0.3 is 23.4 Å². The van der Waals surface area contributed by atoms with Crippen molar-refractivity contribution in [1.29, 1.82) is 0 Å². The average Bonchev–Trinajstić information content (AvgIpc) is 3.35. The van der Waals surface area contributed by atoms with Crippen molar-refractivity contribution in [3.05, 3.63) is 36.3 Å². The minimum atomic E-state index is -0.949. The quantitative estimate of drug-likeness (QED) is 0.317. The van der Waals surface area contributed by atoms with Crippen molar-refractivity contribution in [3.8, 4) is 0 Å². The summed E-state index contributed by atoms with van der Waals surface area (Å²) in [5, 5.41) is 0. The molecule has 1 spiro atoms. The Hall–Kier alpha value is -2.61. The lowest BCUT2D eigenvalue weighted by Crippen LogP contribution is -2.73. The van der Waals surface area contributed by atoms with E-state index in [0.29, 0.717) is 6.42 Å². The Bertz CT molecular complexity index is 1120. The second kappa shape index (κ2) is 8.45. The maximum atomic E-state index is 13.1. The molecule has 1 aromatic rings. The predicted molar refractivity (Wildman–Crippen MR) is 132 cm³/mol. The molecule has 3 heterocycles. The second-order valence-corrected chi connectivity index (χ2v) is 12.4. The molecule has 37 heavy (non-hydrogen) atoms. The van der Waals surface area contributed by atoms with Gasteiger partial charge in [-0.15, -0.1) is 0 Å². The van der Waals surface area contributed by atoms with Crippen LogP contribution >= 0.6 is 0 Å². The molecular formula is C29H38O8. The number of esters is 3. The Labute approximate surface area is 218 Å². The van der Waals surface area contributed by atoms with Gasteiger partial charge >= 0.3 is 17.9 Å². The fourth-order valence-electron chi connectivity index (χ4n) is 8.45. The van der Waals surface area contributed by atoms with E-state index in [4.69, 9.17) is 23.4 Å². The van der Waals surface area contributed by atoms with Crippen molar-refractivity contribution in [2.24, 2.45) is 28.1 Å². The number of methoxy groups -OCH3 is 1. The zero-order valence-electron chi connectivity index (χ0n) is 22.6. The molecule has 0 N–H and O–H groups in total. The SMILES string of the molecule is C=C1C2CC[C@]3(C)[C@H](c4ccoc4)OC(=O)C[C@]13OC1C[C@H](OC(C)=O)C(C)(C)[C@H](CC(=O)OC)[C@]12C. The van der Waals surface area contributed by atoms with Crippen molar-refractivity contribution in [3.63, 3.8) is 0 Å². The highest BCUT2D eigenvalue weighted by molar-refractivity contribution is 5.74. The van der Waals surface area contributed by atoms with Crippen molar-refractivity contribution >= 4 is 17.9 Å². The number of hydrogen-bond donors (Lipinski definition) is 0. The Morgan fingerprint density at radius 2 is 1.95 bits per heavy atom. The highest BCUT2D eigenvalue weighted by Crippen LogP contribution is 2.72. The number of fused-ring (bicyclic) bond motifs is 3. The fourth-order valence-corrected chi connectivity index (χ4v) is 8.45. The van der Waals surface area contributed by atoms with Gasteiger partial charge in [-0.1, -0.05) is 34.3 Å². The fraction of sp³-hybridized carbons (Fsp3) is 0.690. The molecule has 8 nitrogen and oxygen atoms in total. The highest BCUT2D eigenvalue weighted by atomic mass is 16.6. The van der Waals surface area contributed by atoms with E-state index < -0.39 is 34.1 Å². The lowest BCUT2D eigenvalue weighted by molar-refractivity contribution is -0.314. The van der Waals surface area contributed by atoms with E-state index in [0.717, 1.165) is 24.0 Å². The first-order valence-corrected chi connectivity index (χ1v) is 13.1. The summed E-state index contributed by atoms with van der Waals surface area (Å²) < 4.78 is 29.4. The lowest BCUT2D eigenvalue weighted by atomic mass is 9.41. The van der Waals surface area contributed by atoms with Crippen LogP contribution in [0.1, 0.15) is 78.4 Å². The zero-order chi connectivity index (χ0) is 27.0. The molecule has 0 radical (unpaired) electrons. The van der Waals surface area contributed by atoms with Crippen molar-refractivity contribution in [1.82, 2.24) is 0 Å². The Morgan fingerprint density at radius 3 is 2.57 bits per heavy atom. The van der Waals surface area contributed by atoms with Crippen molar-refractivity contribution in [2.75, 3.05) is 7.11 Å². The van der Waals surface area contributed by atoms with Crippen LogP contribution in [0.15, 0.2) is 35.2 Å². The molecule has 1 aromatic heterocycles. The topological polar surface area (TPSA) is 101 Å². The summed E-state index contributed by atoms with van der Waals surface area (Å²) in [7, 11) is 1.39. The zero-order valence-corrected chi connectivity index (χ0v) is 22.6. The van der Waals surface area contributed by atoms with Gasteiger partial charge in [0.2, 0.25) is 0 Å². The Morgan fingerprint density at radius 1 is 1.22 bits per heavy atom. The van der Waals surface area contributed by atoms with Crippen LogP contribution in [0.4, 0.5) is 0 Å². The molecule has 2 aliphatic heterocycles. The normalized spacial score (nSPS) is 42.2. The number of rotatable bonds is 4. The van der Waals surface area contributed by atoms with Gasteiger partial charge in [-0.05, 0) is 36.3 Å². The minimum Gasteiger partial charge on any atom is -0.472 e. The molecule has 0 amide bonds. The van der Waals surface area contributed by atoms with E-state index >= 15 is 0 Å². The van der Waals surface area contributed by atoms with Gasteiger partial charge in [-0.25, -0.2) is 0 Å². The molecule has 2 saturated carbocycles. The van der Waals surface area contributed by atoms with E-state index in [1.54, 1.807) is 12.5 Å². The van der Waals surface area contributed by atoms with Gasteiger partial charge in [0.15, 0.2) is 0 Å². The molecule has 202 valence electrons. The highest BCUT2D eigenvalue weighted by Gasteiger charge is 2.73. The summed E-state index contributed by atoms with van der Waals surface area (Å²) in [5.74, 6) is -1.23. The molecule has 4 fully saturated rings. The van der Waals surface area contributed by atoms with Gasteiger partial charge in [0.25, 0.3) is 0 Å². The maximum Gasteiger partial charge on any atom is 0.309 e. The van der Waals surface area contributed by atoms with Crippen LogP contribution in [0, 0.1) is 28.1 Å². The number of furan rings is 1. The number of hydrogen-bond acceptors (Lipinski definition) is 8. The van der Waals surface area contributed by atoms with Crippen LogP contribution in [-0.4, -0.2) is 42.8 Å². The van der Waals surface area contributed by atoms with Gasteiger partial charge in [0.1, 0.15) is 17.8 Å². The number of carbonyl (C=O) groups is 3. The standard InChI is InChI=1S/C29H38O8/c1-16-19-8-10-27(5)25(18-9-11-34-15-18)36-24(32)14-29(16,27)37-22-13-21(35-17(2)30)26(3,4)20(28(19,22)6)12-23(31)33-7/h9,11,15,19-22,25H,1,8,10,12-14H2,2-7H3/t19?,20-,21-,22?,25-,27+,28+,29-/m0/s1. The van der Waals surface area contributed by atoms with Gasteiger partial charge in [0, 0.05) is 41.6 Å². The molecule has 2 bridgehead atoms. The maximum absolute atomic E-state index is 13.1. The third kappa shape index (κ3) is 3.47. The van der Waals surface area contributed by atoms with Crippen LogP contribution in [-0.2, 0) is 33.3 Å². The van der Waals surface area contributed by atoms with E-state index in [-0.39, 0.29) is 48.7 Å². The Kier molecular flexibility index (Phi) is 5.94. The smallest absolute Gasteiger partial charge is 0.309 e. The average molecular weight is 515 g/mol. The number of carbonyl (C=O) groups excluding carboxylic acids is 3. The van der Waals surface area contributed by atoms with Gasteiger partial charge in [-0.3, -0.25) is 14.4 Å². The molecule has 2 unspecified atom stereocenters. The first-order chi connectivity index (χ1) is 17.3. The molecular weight excluding hydrogens is 476 g/mol. The summed E-state index contributed by atoms with van der Waals surface area (Å²) in [5.41, 5.74) is -0.836. The van der Waals surface area contributed by atoms with Gasteiger partial charge in [0.05, 0.1) is 32.2 Å². The molecule has 2 aliphatic carbocycles. The third-order valence-electron chi connectivity index (χ3n) is 10.5. The molecule has 5 rings (SSSR count). The molecule has 0 aromatic carbocycles. The van der Waals surface area contributed by atoms with Crippen LogP contribution in [0.25, 0.3) is 0 Å². The van der Waals surface area contributed by atoms with E-state index in [1.807, 2.05) is 6.07 Å². The summed E-state index contributed by atoms with van der Waals surface area (Å²) >= 11 is 0. The van der Waals surface area contributed by atoms with Crippen LogP contribution < -0.4 is 0 Å². The minimum absolute atomic E-state index is 0.00225.